The lowest BCUT2D eigenvalue weighted by Gasteiger charge is -2.36. The zero-order valence-electron chi connectivity index (χ0n) is 11.9. The Hall–Kier alpha value is -1.06. The number of hydrogen-bond acceptors (Lipinski definition) is 2. The van der Waals surface area contributed by atoms with Crippen molar-refractivity contribution in [3.8, 4) is 0 Å². The molecule has 1 aliphatic rings. The maximum absolute atomic E-state index is 11.1. The van der Waals surface area contributed by atoms with Crippen LogP contribution < -0.4 is 0 Å². The zero-order valence-corrected chi connectivity index (χ0v) is 12.6. The quantitative estimate of drug-likeness (QED) is 0.904. The van der Waals surface area contributed by atoms with Crippen LogP contribution >= 0.6 is 11.6 Å². The van der Waals surface area contributed by atoms with Crippen LogP contribution in [0, 0.1) is 5.92 Å². The van der Waals surface area contributed by atoms with Crippen molar-refractivity contribution >= 4 is 17.6 Å². The topological polar surface area (TPSA) is 40.5 Å². The number of carbonyl (C=O) groups is 1. The molecule has 1 N–H and O–H groups in total. The summed E-state index contributed by atoms with van der Waals surface area (Å²) in [6.07, 6.45) is 3.39. The third-order valence-electron chi connectivity index (χ3n) is 4.00. The van der Waals surface area contributed by atoms with Gasteiger partial charge in [-0.3, -0.25) is 9.69 Å². The lowest BCUT2D eigenvalue weighted by Crippen LogP contribution is -2.44. The van der Waals surface area contributed by atoms with Crippen molar-refractivity contribution in [2.75, 3.05) is 13.1 Å². The lowest BCUT2D eigenvalue weighted by atomic mass is 9.95. The average Bonchev–Trinajstić information content (AvgIpc) is 2.40. The van der Waals surface area contributed by atoms with Gasteiger partial charge in [0.15, 0.2) is 0 Å². The van der Waals surface area contributed by atoms with Gasteiger partial charge in [0.25, 0.3) is 0 Å². The first-order valence-corrected chi connectivity index (χ1v) is 7.62. The highest BCUT2D eigenvalue weighted by molar-refractivity contribution is 6.30. The maximum atomic E-state index is 11.1. The van der Waals surface area contributed by atoms with Crippen molar-refractivity contribution in [3.63, 3.8) is 0 Å². The number of likely N-dealkylation sites (tertiary alicyclic amines) is 1. The van der Waals surface area contributed by atoms with E-state index in [1.807, 2.05) is 24.3 Å². The van der Waals surface area contributed by atoms with Crippen LogP contribution in [-0.4, -0.2) is 35.1 Å². The van der Waals surface area contributed by atoms with Crippen molar-refractivity contribution < 1.29 is 9.90 Å². The van der Waals surface area contributed by atoms with E-state index in [4.69, 9.17) is 16.7 Å². The molecule has 1 aromatic carbocycles. The second kappa shape index (κ2) is 7.09. The molecule has 1 saturated heterocycles. The maximum Gasteiger partial charge on any atom is 0.304 e. The molecule has 20 heavy (non-hydrogen) atoms. The Bertz CT molecular complexity index is 446. The molecule has 2 rings (SSSR count). The van der Waals surface area contributed by atoms with Crippen LogP contribution in [0.4, 0.5) is 0 Å². The van der Waals surface area contributed by atoms with Crippen LogP contribution in [0.3, 0.4) is 0 Å². The van der Waals surface area contributed by atoms with E-state index in [2.05, 4.69) is 11.8 Å². The molecule has 0 radical (unpaired) electrons. The Morgan fingerprint density at radius 1 is 1.45 bits per heavy atom. The molecule has 0 bridgehead atoms. The zero-order chi connectivity index (χ0) is 14.5. The van der Waals surface area contributed by atoms with Gasteiger partial charge in [-0.25, -0.2) is 0 Å². The van der Waals surface area contributed by atoms with E-state index in [1.54, 1.807) is 0 Å². The second-order valence-corrected chi connectivity index (χ2v) is 6.26. The van der Waals surface area contributed by atoms with Gasteiger partial charge in [0.05, 0.1) is 6.42 Å². The standard InChI is InChI=1S/C16H22ClNO2/c1-12-3-2-8-18(11-12)15(10-16(19)20)9-13-4-6-14(17)7-5-13/h4-7,12,15H,2-3,8-11H2,1H3,(H,19,20). The molecule has 1 aliphatic heterocycles. The molecule has 3 nitrogen and oxygen atoms in total. The number of benzene rings is 1. The van der Waals surface area contributed by atoms with Crippen molar-refractivity contribution in [1.29, 1.82) is 0 Å². The second-order valence-electron chi connectivity index (χ2n) is 5.82. The number of carboxylic acid groups (broad SMARTS) is 1. The number of aliphatic carboxylic acids is 1. The van der Waals surface area contributed by atoms with Crippen molar-refractivity contribution in [3.05, 3.63) is 34.9 Å². The molecule has 2 unspecified atom stereocenters. The molecular formula is C16H22ClNO2. The minimum atomic E-state index is -0.720. The van der Waals surface area contributed by atoms with E-state index in [0.29, 0.717) is 5.92 Å². The minimum absolute atomic E-state index is 0.0800. The van der Waals surface area contributed by atoms with Crippen LogP contribution in [0.1, 0.15) is 31.7 Å². The number of piperidine rings is 1. The van der Waals surface area contributed by atoms with Gasteiger partial charge in [0.1, 0.15) is 0 Å². The molecule has 0 amide bonds. The van der Waals surface area contributed by atoms with Gasteiger partial charge >= 0.3 is 5.97 Å². The molecule has 1 fully saturated rings. The summed E-state index contributed by atoms with van der Waals surface area (Å²) in [5, 5.41) is 9.87. The normalized spacial score (nSPS) is 21.6. The van der Waals surface area contributed by atoms with Gasteiger partial charge in [0, 0.05) is 17.6 Å². The third kappa shape index (κ3) is 4.50. The Morgan fingerprint density at radius 2 is 2.15 bits per heavy atom. The molecule has 4 heteroatoms. The number of rotatable bonds is 5. The van der Waals surface area contributed by atoms with Crippen LogP contribution in [0.2, 0.25) is 5.02 Å². The molecule has 1 heterocycles. The largest absolute Gasteiger partial charge is 0.481 e. The molecule has 1 aromatic rings. The predicted octanol–water partition coefficient (Wildman–Crippen LogP) is 3.46. The van der Waals surface area contributed by atoms with Crippen molar-refractivity contribution in [2.45, 2.75) is 38.6 Å². The van der Waals surface area contributed by atoms with E-state index in [9.17, 15) is 4.79 Å². The number of nitrogens with zero attached hydrogens (tertiary/aromatic N) is 1. The Kier molecular flexibility index (Phi) is 5.44. The summed E-state index contributed by atoms with van der Waals surface area (Å²) in [6.45, 7) is 4.26. The van der Waals surface area contributed by atoms with Gasteiger partial charge in [-0.1, -0.05) is 30.7 Å². The summed E-state index contributed by atoms with van der Waals surface area (Å²) in [5.41, 5.74) is 1.15. The molecule has 110 valence electrons. The molecule has 0 saturated carbocycles. The Balaban J connectivity index is 2.06. The highest BCUT2D eigenvalue weighted by atomic mass is 35.5. The van der Waals surface area contributed by atoms with Gasteiger partial charge in [-0.15, -0.1) is 0 Å². The van der Waals surface area contributed by atoms with E-state index < -0.39 is 5.97 Å². The minimum Gasteiger partial charge on any atom is -0.481 e. The summed E-state index contributed by atoms with van der Waals surface area (Å²) >= 11 is 5.90. The van der Waals surface area contributed by atoms with Crippen LogP contribution in [0.15, 0.2) is 24.3 Å². The summed E-state index contributed by atoms with van der Waals surface area (Å²) in [6, 6.07) is 7.80. The van der Waals surface area contributed by atoms with E-state index in [-0.39, 0.29) is 12.5 Å². The first-order chi connectivity index (χ1) is 9.54. The first kappa shape index (κ1) is 15.3. The first-order valence-electron chi connectivity index (χ1n) is 7.25. The van der Waals surface area contributed by atoms with Crippen LogP contribution in [0.5, 0.6) is 0 Å². The summed E-state index contributed by atoms with van der Waals surface area (Å²) in [7, 11) is 0. The summed E-state index contributed by atoms with van der Waals surface area (Å²) in [4.78, 5) is 13.5. The van der Waals surface area contributed by atoms with Gasteiger partial charge in [0.2, 0.25) is 0 Å². The summed E-state index contributed by atoms with van der Waals surface area (Å²) < 4.78 is 0. The smallest absolute Gasteiger partial charge is 0.304 e. The van der Waals surface area contributed by atoms with Gasteiger partial charge in [-0.05, 0) is 49.4 Å². The highest BCUT2D eigenvalue weighted by Gasteiger charge is 2.25. The van der Waals surface area contributed by atoms with Crippen molar-refractivity contribution in [2.24, 2.45) is 5.92 Å². The average molecular weight is 296 g/mol. The van der Waals surface area contributed by atoms with E-state index >= 15 is 0 Å². The lowest BCUT2D eigenvalue weighted by molar-refractivity contribution is -0.138. The van der Waals surface area contributed by atoms with Gasteiger partial charge < -0.3 is 5.11 Å². The third-order valence-corrected chi connectivity index (χ3v) is 4.25. The fourth-order valence-electron chi connectivity index (χ4n) is 2.98. The van der Waals surface area contributed by atoms with Crippen LogP contribution in [0.25, 0.3) is 0 Å². The summed E-state index contributed by atoms with van der Waals surface area (Å²) in [5.74, 6) is -0.0625. The molecule has 0 aliphatic carbocycles. The molecule has 0 aromatic heterocycles. The fourth-order valence-corrected chi connectivity index (χ4v) is 3.11. The number of carboxylic acids is 1. The SMILES string of the molecule is CC1CCCN(C(CC(=O)O)Cc2ccc(Cl)cc2)C1. The fraction of sp³-hybridized carbons (Fsp3) is 0.562. The molecule has 2 atom stereocenters. The van der Waals surface area contributed by atoms with E-state index in [1.165, 1.54) is 6.42 Å². The molecular weight excluding hydrogens is 274 g/mol. The Labute approximate surface area is 125 Å². The number of hydrogen-bond donors (Lipinski definition) is 1. The highest BCUT2D eigenvalue weighted by Crippen LogP contribution is 2.22. The monoisotopic (exact) mass is 295 g/mol. The predicted molar refractivity (Wildman–Crippen MR) is 81.2 cm³/mol. The van der Waals surface area contributed by atoms with Crippen LogP contribution in [-0.2, 0) is 11.2 Å². The van der Waals surface area contributed by atoms with Crippen molar-refractivity contribution in [1.82, 2.24) is 4.90 Å². The van der Waals surface area contributed by atoms with E-state index in [0.717, 1.165) is 36.5 Å². The van der Waals surface area contributed by atoms with Gasteiger partial charge in [-0.2, -0.15) is 0 Å². The molecule has 0 spiro atoms. The number of halogens is 1. The Morgan fingerprint density at radius 3 is 2.75 bits per heavy atom.